The summed E-state index contributed by atoms with van der Waals surface area (Å²) >= 11 is 6.38. The molecule has 0 spiro atoms. The van der Waals surface area contributed by atoms with Crippen molar-refractivity contribution in [1.82, 2.24) is 4.90 Å². The normalized spacial score (nSPS) is 27.2. The summed E-state index contributed by atoms with van der Waals surface area (Å²) in [5.41, 5.74) is 2.26. The first-order valence-corrected chi connectivity index (χ1v) is 8.35. The van der Waals surface area contributed by atoms with Crippen molar-refractivity contribution in [2.24, 2.45) is 5.92 Å². The number of halogens is 1. The minimum Gasteiger partial charge on any atom is -0.489 e. The van der Waals surface area contributed by atoms with E-state index in [0.29, 0.717) is 11.6 Å². The Morgan fingerprint density at radius 2 is 2.05 bits per heavy atom. The van der Waals surface area contributed by atoms with Crippen molar-refractivity contribution in [2.75, 3.05) is 19.7 Å². The van der Waals surface area contributed by atoms with Gasteiger partial charge in [-0.2, -0.15) is 0 Å². The molecule has 1 fully saturated rings. The van der Waals surface area contributed by atoms with Crippen LogP contribution in [0.3, 0.4) is 0 Å². The van der Waals surface area contributed by atoms with Crippen molar-refractivity contribution < 1.29 is 9.84 Å². The molecule has 2 unspecified atom stereocenters. The third-order valence-electron chi connectivity index (χ3n) is 4.83. The maximum Gasteiger partial charge on any atom is 0.142 e. The Hall–Kier alpha value is -0.770. The SMILES string of the molecule is CCc1cc(Cl)c2c(c1)C(N1CCC(C)CC1)C(O)CO2. The van der Waals surface area contributed by atoms with Crippen LogP contribution in [0.4, 0.5) is 0 Å². The first kappa shape index (κ1) is 15.1. The fraction of sp³-hybridized carbons (Fsp3) is 0.647. The van der Waals surface area contributed by atoms with Crippen LogP contribution in [0, 0.1) is 5.92 Å². The van der Waals surface area contributed by atoms with E-state index in [4.69, 9.17) is 16.3 Å². The van der Waals surface area contributed by atoms with Crippen LogP contribution in [0.15, 0.2) is 12.1 Å². The van der Waals surface area contributed by atoms with E-state index in [2.05, 4.69) is 24.8 Å². The van der Waals surface area contributed by atoms with Crippen LogP contribution in [0.1, 0.15) is 43.9 Å². The first-order valence-electron chi connectivity index (χ1n) is 7.97. The van der Waals surface area contributed by atoms with Gasteiger partial charge in [0.2, 0.25) is 0 Å². The highest BCUT2D eigenvalue weighted by atomic mass is 35.5. The third-order valence-corrected chi connectivity index (χ3v) is 5.11. The number of hydrogen-bond acceptors (Lipinski definition) is 3. The van der Waals surface area contributed by atoms with E-state index < -0.39 is 6.10 Å². The van der Waals surface area contributed by atoms with Gasteiger partial charge in [0.05, 0.1) is 11.1 Å². The van der Waals surface area contributed by atoms with Gasteiger partial charge in [0.1, 0.15) is 18.5 Å². The van der Waals surface area contributed by atoms with E-state index in [1.165, 1.54) is 18.4 Å². The third kappa shape index (κ3) is 2.92. The van der Waals surface area contributed by atoms with Gasteiger partial charge in [-0.3, -0.25) is 4.90 Å². The van der Waals surface area contributed by atoms with E-state index in [9.17, 15) is 5.11 Å². The van der Waals surface area contributed by atoms with Crippen molar-refractivity contribution in [3.8, 4) is 5.75 Å². The average molecular weight is 310 g/mol. The van der Waals surface area contributed by atoms with Gasteiger partial charge in [-0.25, -0.2) is 0 Å². The fourth-order valence-electron chi connectivity index (χ4n) is 3.46. The number of aliphatic hydroxyl groups is 1. The van der Waals surface area contributed by atoms with Crippen molar-refractivity contribution in [1.29, 1.82) is 0 Å². The maximum absolute atomic E-state index is 10.5. The highest BCUT2D eigenvalue weighted by molar-refractivity contribution is 6.32. The fourth-order valence-corrected chi connectivity index (χ4v) is 3.77. The van der Waals surface area contributed by atoms with E-state index in [1.54, 1.807) is 0 Å². The lowest BCUT2D eigenvalue weighted by Gasteiger charge is -2.42. The second kappa shape index (κ2) is 6.15. The zero-order valence-electron chi connectivity index (χ0n) is 12.8. The van der Waals surface area contributed by atoms with Crippen LogP contribution < -0.4 is 4.74 Å². The van der Waals surface area contributed by atoms with Crippen LogP contribution in [0.5, 0.6) is 5.75 Å². The molecule has 0 amide bonds. The predicted molar refractivity (Wildman–Crippen MR) is 85.0 cm³/mol. The number of likely N-dealkylation sites (tertiary alicyclic amines) is 1. The molecule has 2 heterocycles. The minimum atomic E-state index is -0.478. The van der Waals surface area contributed by atoms with Crippen LogP contribution in [-0.2, 0) is 6.42 Å². The molecule has 0 aliphatic carbocycles. The highest BCUT2D eigenvalue weighted by Crippen LogP contribution is 2.42. The lowest BCUT2D eigenvalue weighted by molar-refractivity contribution is -0.0114. The van der Waals surface area contributed by atoms with E-state index in [-0.39, 0.29) is 6.04 Å². The lowest BCUT2D eigenvalue weighted by Crippen LogP contribution is -2.45. The number of ether oxygens (including phenoxy) is 1. The Kier molecular flexibility index (Phi) is 4.43. The standard InChI is InChI=1S/C17H24ClNO2/c1-3-12-8-13-16(19-6-4-11(2)5-7-19)15(20)10-21-17(13)14(18)9-12/h8-9,11,15-16,20H,3-7,10H2,1-2H3. The summed E-state index contributed by atoms with van der Waals surface area (Å²) in [5.74, 6) is 1.55. The van der Waals surface area contributed by atoms with Crippen LogP contribution in [0.2, 0.25) is 5.02 Å². The topological polar surface area (TPSA) is 32.7 Å². The summed E-state index contributed by atoms with van der Waals surface area (Å²) in [6, 6.07) is 4.16. The van der Waals surface area contributed by atoms with Gasteiger partial charge in [-0.05, 0) is 49.9 Å². The Morgan fingerprint density at radius 3 is 2.71 bits per heavy atom. The second-order valence-electron chi connectivity index (χ2n) is 6.39. The molecule has 1 aromatic carbocycles. The quantitative estimate of drug-likeness (QED) is 0.908. The first-order chi connectivity index (χ1) is 10.1. The number of hydrogen-bond donors (Lipinski definition) is 1. The Morgan fingerprint density at radius 1 is 1.33 bits per heavy atom. The molecule has 21 heavy (non-hydrogen) atoms. The van der Waals surface area contributed by atoms with Crippen molar-refractivity contribution >= 4 is 11.6 Å². The van der Waals surface area contributed by atoms with Crippen molar-refractivity contribution in [3.63, 3.8) is 0 Å². The van der Waals surface area contributed by atoms with Crippen LogP contribution in [0.25, 0.3) is 0 Å². The summed E-state index contributed by atoms with van der Waals surface area (Å²) in [4.78, 5) is 2.40. The molecule has 116 valence electrons. The zero-order chi connectivity index (χ0) is 15.0. The molecule has 1 aromatic rings. The largest absolute Gasteiger partial charge is 0.489 e. The molecule has 0 bridgehead atoms. The molecule has 2 aliphatic heterocycles. The van der Waals surface area contributed by atoms with Gasteiger partial charge in [-0.15, -0.1) is 0 Å². The summed E-state index contributed by atoms with van der Waals surface area (Å²) in [7, 11) is 0. The lowest BCUT2D eigenvalue weighted by atomic mass is 9.90. The Balaban J connectivity index is 1.96. The monoisotopic (exact) mass is 309 g/mol. The number of aryl methyl sites for hydroxylation is 1. The molecule has 2 atom stereocenters. The van der Waals surface area contributed by atoms with E-state index >= 15 is 0 Å². The Labute approximate surface area is 131 Å². The molecule has 1 saturated heterocycles. The number of benzene rings is 1. The number of rotatable bonds is 2. The van der Waals surface area contributed by atoms with Gasteiger partial charge in [0.25, 0.3) is 0 Å². The smallest absolute Gasteiger partial charge is 0.142 e. The number of piperidine rings is 1. The van der Waals surface area contributed by atoms with Crippen LogP contribution in [-0.4, -0.2) is 35.8 Å². The van der Waals surface area contributed by atoms with Gasteiger partial charge in [0.15, 0.2) is 0 Å². The molecule has 0 saturated carbocycles. The van der Waals surface area contributed by atoms with E-state index in [0.717, 1.165) is 36.7 Å². The molecule has 1 N–H and O–H groups in total. The molecule has 4 heteroatoms. The maximum atomic E-state index is 10.5. The number of nitrogens with zero attached hydrogens (tertiary/aromatic N) is 1. The molecule has 0 radical (unpaired) electrons. The predicted octanol–water partition coefficient (Wildman–Crippen LogP) is 3.43. The molecule has 0 aromatic heterocycles. The minimum absolute atomic E-state index is 0.0187. The highest BCUT2D eigenvalue weighted by Gasteiger charge is 2.36. The van der Waals surface area contributed by atoms with E-state index in [1.807, 2.05) is 6.07 Å². The second-order valence-corrected chi connectivity index (χ2v) is 6.80. The van der Waals surface area contributed by atoms with Crippen molar-refractivity contribution in [3.05, 3.63) is 28.3 Å². The van der Waals surface area contributed by atoms with Gasteiger partial charge in [-0.1, -0.05) is 31.5 Å². The average Bonchev–Trinajstić information content (AvgIpc) is 2.48. The summed E-state index contributed by atoms with van der Waals surface area (Å²) < 4.78 is 5.70. The molecular formula is C17H24ClNO2. The van der Waals surface area contributed by atoms with Gasteiger partial charge in [0, 0.05) is 5.56 Å². The molecule has 3 rings (SSSR count). The van der Waals surface area contributed by atoms with Gasteiger partial charge >= 0.3 is 0 Å². The molecular weight excluding hydrogens is 286 g/mol. The number of aliphatic hydroxyl groups excluding tert-OH is 1. The summed E-state index contributed by atoms with van der Waals surface area (Å²) in [6.07, 6.45) is 2.85. The molecule has 3 nitrogen and oxygen atoms in total. The summed E-state index contributed by atoms with van der Waals surface area (Å²) in [6.45, 7) is 6.83. The van der Waals surface area contributed by atoms with Gasteiger partial charge < -0.3 is 9.84 Å². The Bertz CT molecular complexity index is 512. The zero-order valence-corrected chi connectivity index (χ0v) is 13.6. The molecule has 2 aliphatic rings. The number of fused-ring (bicyclic) bond motifs is 1. The van der Waals surface area contributed by atoms with Crippen LogP contribution >= 0.6 is 11.6 Å². The summed E-state index contributed by atoms with van der Waals surface area (Å²) in [5, 5.41) is 11.2. The van der Waals surface area contributed by atoms with Crippen molar-refractivity contribution in [2.45, 2.75) is 45.3 Å².